The Bertz CT molecular complexity index is 261. The van der Waals surface area contributed by atoms with Crippen molar-refractivity contribution in [3.05, 3.63) is 35.4 Å². The van der Waals surface area contributed by atoms with Crippen LogP contribution in [0.25, 0.3) is 0 Å². The predicted molar refractivity (Wildman–Crippen MR) is 50.0 cm³/mol. The molecule has 2 N–H and O–H groups in total. The Kier molecular flexibility index (Phi) is 4.49. The normalized spacial score (nSPS) is 10.9. The van der Waals surface area contributed by atoms with Crippen molar-refractivity contribution in [1.82, 2.24) is 0 Å². The van der Waals surface area contributed by atoms with Crippen molar-refractivity contribution >= 4 is 0 Å². The van der Waals surface area contributed by atoms with Crippen molar-refractivity contribution in [3.8, 4) is 0 Å². The molecule has 0 bridgehead atoms. The van der Waals surface area contributed by atoms with Gasteiger partial charge in [0.25, 0.3) is 0 Å². The topological polar surface area (TPSA) is 35.2 Å². The fourth-order valence-electron chi connectivity index (χ4n) is 1.20. The van der Waals surface area contributed by atoms with Gasteiger partial charge in [-0.15, -0.1) is 0 Å². The van der Waals surface area contributed by atoms with Crippen molar-refractivity contribution in [2.75, 3.05) is 6.61 Å². The van der Waals surface area contributed by atoms with Crippen LogP contribution in [0.2, 0.25) is 0 Å². The standard InChI is InChI=1S/C10H13F2NO/c11-10(12)7-9-3-1-8(2-4-9)5-6-14-13/h1-4,10H,5-7,13H2. The molecule has 1 aromatic rings. The van der Waals surface area contributed by atoms with E-state index in [1.54, 1.807) is 12.1 Å². The van der Waals surface area contributed by atoms with E-state index in [-0.39, 0.29) is 6.42 Å². The molecule has 0 saturated carbocycles. The van der Waals surface area contributed by atoms with E-state index < -0.39 is 6.43 Å². The average molecular weight is 201 g/mol. The summed E-state index contributed by atoms with van der Waals surface area (Å²) >= 11 is 0. The van der Waals surface area contributed by atoms with Gasteiger partial charge in [-0.2, -0.15) is 0 Å². The Morgan fingerprint density at radius 1 is 1.14 bits per heavy atom. The summed E-state index contributed by atoms with van der Waals surface area (Å²) in [4.78, 5) is 4.42. The molecule has 14 heavy (non-hydrogen) atoms. The van der Waals surface area contributed by atoms with Gasteiger partial charge in [0.1, 0.15) is 0 Å². The Morgan fingerprint density at radius 3 is 2.21 bits per heavy atom. The lowest BCUT2D eigenvalue weighted by molar-refractivity contribution is 0.141. The minimum absolute atomic E-state index is 0.187. The van der Waals surface area contributed by atoms with Crippen LogP contribution in [-0.4, -0.2) is 13.0 Å². The van der Waals surface area contributed by atoms with E-state index in [9.17, 15) is 8.78 Å². The molecular formula is C10H13F2NO. The van der Waals surface area contributed by atoms with E-state index in [0.29, 0.717) is 18.6 Å². The second-order valence-corrected chi connectivity index (χ2v) is 3.03. The fourth-order valence-corrected chi connectivity index (χ4v) is 1.20. The first-order valence-electron chi connectivity index (χ1n) is 4.40. The molecule has 0 unspecified atom stereocenters. The van der Waals surface area contributed by atoms with Gasteiger partial charge in [0.15, 0.2) is 0 Å². The molecule has 1 aromatic carbocycles. The summed E-state index contributed by atoms with van der Waals surface area (Å²) in [6.45, 7) is 0.439. The van der Waals surface area contributed by atoms with Gasteiger partial charge in [0.2, 0.25) is 6.43 Å². The summed E-state index contributed by atoms with van der Waals surface area (Å²) < 4.78 is 24.0. The molecule has 0 saturated heterocycles. The maximum atomic E-state index is 12.0. The molecule has 0 atom stereocenters. The molecule has 0 radical (unpaired) electrons. The van der Waals surface area contributed by atoms with Gasteiger partial charge in [-0.05, 0) is 17.5 Å². The molecule has 78 valence electrons. The fraction of sp³-hybridized carbons (Fsp3) is 0.400. The molecule has 0 fully saturated rings. The predicted octanol–water partition coefficient (Wildman–Crippen LogP) is 1.93. The molecule has 1 rings (SSSR count). The zero-order valence-electron chi connectivity index (χ0n) is 7.75. The summed E-state index contributed by atoms with van der Waals surface area (Å²) in [6.07, 6.45) is -1.77. The van der Waals surface area contributed by atoms with Gasteiger partial charge < -0.3 is 4.84 Å². The van der Waals surface area contributed by atoms with Gasteiger partial charge in [-0.3, -0.25) is 0 Å². The SMILES string of the molecule is NOCCc1ccc(CC(F)F)cc1. The molecule has 4 heteroatoms. The number of hydrogen-bond acceptors (Lipinski definition) is 2. The van der Waals surface area contributed by atoms with Gasteiger partial charge in [-0.1, -0.05) is 24.3 Å². The van der Waals surface area contributed by atoms with Gasteiger partial charge in [0, 0.05) is 6.42 Å². The van der Waals surface area contributed by atoms with Crippen LogP contribution in [0.3, 0.4) is 0 Å². The molecule has 2 nitrogen and oxygen atoms in total. The number of alkyl halides is 2. The van der Waals surface area contributed by atoms with Crippen molar-refractivity contribution < 1.29 is 13.6 Å². The molecule has 0 amide bonds. The Balaban J connectivity index is 2.50. The van der Waals surface area contributed by atoms with E-state index in [1.807, 2.05) is 12.1 Å². The first-order valence-corrected chi connectivity index (χ1v) is 4.40. The van der Waals surface area contributed by atoms with Gasteiger partial charge >= 0.3 is 0 Å². The van der Waals surface area contributed by atoms with E-state index in [1.165, 1.54) is 0 Å². The maximum absolute atomic E-state index is 12.0. The minimum atomic E-state index is -2.28. The van der Waals surface area contributed by atoms with E-state index in [4.69, 9.17) is 5.90 Å². The minimum Gasteiger partial charge on any atom is -0.304 e. The maximum Gasteiger partial charge on any atom is 0.242 e. The van der Waals surface area contributed by atoms with Gasteiger partial charge in [-0.25, -0.2) is 14.7 Å². The highest BCUT2D eigenvalue weighted by Crippen LogP contribution is 2.09. The van der Waals surface area contributed by atoms with E-state index >= 15 is 0 Å². The highest BCUT2D eigenvalue weighted by Gasteiger charge is 2.03. The van der Waals surface area contributed by atoms with Crippen LogP contribution in [0, 0.1) is 0 Å². The Hall–Kier alpha value is -1.00. The summed E-state index contributed by atoms with van der Waals surface area (Å²) in [7, 11) is 0. The van der Waals surface area contributed by atoms with E-state index in [0.717, 1.165) is 5.56 Å². The third-order valence-corrected chi connectivity index (χ3v) is 1.92. The van der Waals surface area contributed by atoms with Gasteiger partial charge in [0.05, 0.1) is 6.61 Å². The number of benzene rings is 1. The van der Waals surface area contributed by atoms with Crippen LogP contribution >= 0.6 is 0 Å². The number of halogens is 2. The first kappa shape index (κ1) is 11.1. The van der Waals surface area contributed by atoms with Crippen LogP contribution in [0.4, 0.5) is 8.78 Å². The van der Waals surface area contributed by atoms with Crippen molar-refractivity contribution in [1.29, 1.82) is 0 Å². The molecule has 0 heterocycles. The highest BCUT2D eigenvalue weighted by molar-refractivity contribution is 5.22. The first-order chi connectivity index (χ1) is 6.72. The summed E-state index contributed by atoms with van der Waals surface area (Å²) in [5.74, 6) is 4.87. The average Bonchev–Trinajstić information content (AvgIpc) is 2.16. The third-order valence-electron chi connectivity index (χ3n) is 1.92. The van der Waals surface area contributed by atoms with Crippen molar-refractivity contribution in [3.63, 3.8) is 0 Å². The number of rotatable bonds is 5. The largest absolute Gasteiger partial charge is 0.304 e. The quantitative estimate of drug-likeness (QED) is 0.739. The summed E-state index contributed by atoms with van der Waals surface area (Å²) in [6, 6.07) is 7.05. The molecule has 0 spiro atoms. The summed E-state index contributed by atoms with van der Waals surface area (Å²) in [5, 5.41) is 0. The van der Waals surface area contributed by atoms with Crippen molar-refractivity contribution in [2.24, 2.45) is 5.90 Å². The smallest absolute Gasteiger partial charge is 0.242 e. The lowest BCUT2D eigenvalue weighted by atomic mass is 10.1. The van der Waals surface area contributed by atoms with Crippen LogP contribution < -0.4 is 5.90 Å². The zero-order chi connectivity index (χ0) is 10.4. The molecule has 0 aliphatic rings. The lowest BCUT2D eigenvalue weighted by Crippen LogP contribution is -2.03. The van der Waals surface area contributed by atoms with Crippen LogP contribution in [0.15, 0.2) is 24.3 Å². The number of nitrogens with two attached hydrogens (primary N) is 1. The third kappa shape index (κ3) is 3.81. The Labute approximate surface area is 81.6 Å². The second kappa shape index (κ2) is 5.67. The molecule has 0 aliphatic heterocycles. The lowest BCUT2D eigenvalue weighted by Gasteiger charge is -2.03. The van der Waals surface area contributed by atoms with Crippen LogP contribution in [0.1, 0.15) is 11.1 Å². The number of hydrogen-bond donors (Lipinski definition) is 1. The summed E-state index contributed by atoms with van der Waals surface area (Å²) in [5.41, 5.74) is 1.69. The van der Waals surface area contributed by atoms with Crippen molar-refractivity contribution in [2.45, 2.75) is 19.3 Å². The molecule has 0 aliphatic carbocycles. The highest BCUT2D eigenvalue weighted by atomic mass is 19.3. The second-order valence-electron chi connectivity index (χ2n) is 3.03. The molecular weight excluding hydrogens is 188 g/mol. The monoisotopic (exact) mass is 201 g/mol. The van der Waals surface area contributed by atoms with Crippen LogP contribution in [0.5, 0.6) is 0 Å². The van der Waals surface area contributed by atoms with E-state index in [2.05, 4.69) is 4.84 Å². The zero-order valence-corrected chi connectivity index (χ0v) is 7.75. The van der Waals surface area contributed by atoms with Crippen LogP contribution in [-0.2, 0) is 17.7 Å². The molecule has 0 aromatic heterocycles. The Morgan fingerprint density at radius 2 is 1.71 bits per heavy atom.